The number of para-hydroxylation sites is 2. The first-order valence-corrected chi connectivity index (χ1v) is 9.01. The van der Waals surface area contributed by atoms with Gasteiger partial charge in [0.1, 0.15) is 0 Å². The van der Waals surface area contributed by atoms with E-state index in [9.17, 15) is 19.8 Å². The average molecular weight is 404 g/mol. The van der Waals surface area contributed by atoms with Gasteiger partial charge in [-0.2, -0.15) is 0 Å². The van der Waals surface area contributed by atoms with Crippen molar-refractivity contribution in [2.45, 2.75) is 12.8 Å². The number of benzene rings is 2. The molecule has 4 aromatic rings. The molecule has 10 heteroatoms. The van der Waals surface area contributed by atoms with Gasteiger partial charge in [0.25, 0.3) is 11.8 Å². The highest BCUT2D eigenvalue weighted by molar-refractivity contribution is 5.95. The molecule has 0 saturated carbocycles. The summed E-state index contributed by atoms with van der Waals surface area (Å²) in [6.07, 6.45) is -0.436. The summed E-state index contributed by atoms with van der Waals surface area (Å²) in [4.78, 5) is 29.3. The Bertz CT molecular complexity index is 1220. The Morgan fingerprint density at radius 2 is 1.10 bits per heavy atom. The number of H-pyrrole nitrogens is 2. The number of hydrogen-bond acceptors (Lipinski definition) is 6. The molecule has 0 unspecified atom stereocenters. The molecule has 4 N–H and O–H groups in total. The molecule has 0 saturated heterocycles. The summed E-state index contributed by atoms with van der Waals surface area (Å²) in [6, 6.07) is 14.1. The monoisotopic (exact) mass is 404 g/mol. The van der Waals surface area contributed by atoms with E-state index < -0.39 is 11.8 Å². The fourth-order valence-corrected chi connectivity index (χ4v) is 2.95. The normalized spacial score (nSPS) is 11.9. The van der Waals surface area contributed by atoms with E-state index in [2.05, 4.69) is 30.4 Å². The molecule has 0 atom stereocenters. The molecule has 4 rings (SSSR count). The first-order valence-electron chi connectivity index (χ1n) is 9.01. The number of aromatic nitrogens is 2. The summed E-state index contributed by atoms with van der Waals surface area (Å²) in [5.41, 5.74) is 1.62. The number of fused-ring (bicyclic) bond motifs is 2. The van der Waals surface area contributed by atoms with Gasteiger partial charge in [0.2, 0.25) is 11.8 Å². The number of carbonyl (C=O) groups excluding carboxylic acids is 2. The van der Waals surface area contributed by atoms with Gasteiger partial charge in [-0.25, -0.2) is 0 Å². The minimum absolute atomic E-state index is 0.153. The third-order valence-electron chi connectivity index (χ3n) is 4.39. The lowest BCUT2D eigenvalue weighted by molar-refractivity contribution is -0.123. The number of aromatic amines is 2. The fraction of sp³-hybridized carbons (Fsp3) is 0.100. The Hall–Kier alpha value is -4.34. The van der Waals surface area contributed by atoms with Crippen LogP contribution in [0.2, 0.25) is 0 Å². The maximum absolute atomic E-state index is 11.9. The first kappa shape index (κ1) is 19.0. The summed E-state index contributed by atoms with van der Waals surface area (Å²) in [5, 5.41) is 35.7. The van der Waals surface area contributed by atoms with Crippen molar-refractivity contribution < 1.29 is 19.8 Å². The molecule has 0 aliphatic rings. The van der Waals surface area contributed by atoms with E-state index in [1.807, 2.05) is 0 Å². The van der Waals surface area contributed by atoms with E-state index >= 15 is 0 Å². The molecule has 0 radical (unpaired) electrons. The van der Waals surface area contributed by atoms with Crippen LogP contribution in [0.4, 0.5) is 11.4 Å². The van der Waals surface area contributed by atoms with Gasteiger partial charge in [-0.05, 0) is 12.1 Å². The standard InChI is InChI=1S/C20H16N6O4/c27-15(23-25-17-11-5-1-3-7-13(11)21-19(17)29)9-10-16(28)24-26-18-12-6-2-4-8-14(12)22-20(18)30/h1-8,21-22,29-30H,9-10H2. The van der Waals surface area contributed by atoms with Crippen LogP contribution in [0.15, 0.2) is 69.0 Å². The van der Waals surface area contributed by atoms with Gasteiger partial charge in [0, 0.05) is 23.6 Å². The van der Waals surface area contributed by atoms with Crippen LogP contribution in [0.1, 0.15) is 12.8 Å². The van der Waals surface area contributed by atoms with Gasteiger partial charge in [-0.3, -0.25) is 9.59 Å². The highest BCUT2D eigenvalue weighted by Crippen LogP contribution is 2.36. The molecular formula is C20H16N6O4. The summed E-state index contributed by atoms with van der Waals surface area (Å²) < 4.78 is 0. The zero-order valence-electron chi connectivity index (χ0n) is 15.5. The van der Waals surface area contributed by atoms with Crippen LogP contribution < -0.4 is 0 Å². The van der Waals surface area contributed by atoms with E-state index in [1.54, 1.807) is 48.5 Å². The number of amides is 2. The van der Waals surface area contributed by atoms with Gasteiger partial charge >= 0.3 is 0 Å². The predicted octanol–water partition coefficient (Wildman–Crippen LogP) is 4.76. The van der Waals surface area contributed by atoms with Crippen LogP contribution in [-0.2, 0) is 9.59 Å². The molecule has 2 aromatic heterocycles. The lowest BCUT2D eigenvalue weighted by Crippen LogP contribution is -1.98. The smallest absolute Gasteiger partial charge is 0.265 e. The van der Waals surface area contributed by atoms with Gasteiger partial charge in [-0.1, -0.05) is 36.4 Å². The Labute approximate surface area is 169 Å². The second kappa shape index (κ2) is 7.95. The van der Waals surface area contributed by atoms with Crippen LogP contribution in [0, 0.1) is 0 Å². The van der Waals surface area contributed by atoms with Gasteiger partial charge in [0.05, 0.1) is 11.0 Å². The minimum atomic E-state index is -0.641. The quantitative estimate of drug-likeness (QED) is 0.354. The highest BCUT2D eigenvalue weighted by Gasteiger charge is 2.12. The Kier molecular flexibility index (Phi) is 5.04. The van der Waals surface area contributed by atoms with Gasteiger partial charge in [-0.15, -0.1) is 20.5 Å². The molecule has 0 bridgehead atoms. The molecule has 10 nitrogen and oxygen atoms in total. The van der Waals surface area contributed by atoms with Gasteiger partial charge < -0.3 is 20.2 Å². The first-order chi connectivity index (χ1) is 14.5. The predicted molar refractivity (Wildman–Crippen MR) is 108 cm³/mol. The molecule has 0 aliphatic heterocycles. The number of carbonyl (C=O) groups is 2. The van der Waals surface area contributed by atoms with Crippen molar-refractivity contribution in [2.75, 3.05) is 0 Å². The Morgan fingerprint density at radius 3 is 1.53 bits per heavy atom. The van der Waals surface area contributed by atoms with Crippen LogP contribution in [0.3, 0.4) is 0 Å². The maximum Gasteiger partial charge on any atom is 0.265 e. The zero-order valence-corrected chi connectivity index (χ0v) is 15.5. The van der Waals surface area contributed by atoms with E-state index in [0.717, 1.165) is 0 Å². The lowest BCUT2D eigenvalue weighted by Gasteiger charge is -1.93. The number of nitrogens with one attached hydrogen (secondary N) is 2. The summed E-state index contributed by atoms with van der Waals surface area (Å²) in [7, 11) is 0. The number of hydrogen-bond donors (Lipinski definition) is 4. The summed E-state index contributed by atoms with van der Waals surface area (Å²) in [5.74, 6) is -1.68. The third kappa shape index (κ3) is 3.78. The van der Waals surface area contributed by atoms with Crippen molar-refractivity contribution in [1.82, 2.24) is 9.97 Å². The molecule has 0 spiro atoms. The minimum Gasteiger partial charge on any atom is -0.493 e. The third-order valence-corrected chi connectivity index (χ3v) is 4.39. The fourth-order valence-electron chi connectivity index (χ4n) is 2.95. The molecular weight excluding hydrogens is 388 g/mol. The van der Waals surface area contributed by atoms with Crippen molar-refractivity contribution >= 4 is 45.0 Å². The molecule has 2 aromatic carbocycles. The molecule has 2 amide bonds. The second-order valence-corrected chi connectivity index (χ2v) is 6.42. The Balaban J connectivity index is 1.38. The molecule has 0 fully saturated rings. The number of azo groups is 2. The highest BCUT2D eigenvalue weighted by atomic mass is 16.3. The lowest BCUT2D eigenvalue weighted by atomic mass is 10.2. The Morgan fingerprint density at radius 1 is 0.700 bits per heavy atom. The molecule has 30 heavy (non-hydrogen) atoms. The largest absolute Gasteiger partial charge is 0.493 e. The van der Waals surface area contributed by atoms with Gasteiger partial charge in [0.15, 0.2) is 11.4 Å². The van der Waals surface area contributed by atoms with E-state index in [1.165, 1.54) is 0 Å². The number of aromatic hydroxyl groups is 2. The molecule has 150 valence electrons. The zero-order chi connectivity index (χ0) is 21.1. The topological polar surface area (TPSA) is 156 Å². The molecule has 0 aliphatic carbocycles. The SMILES string of the molecule is O=C(CCC(=O)N=Nc1c(O)[nH]c2ccccc12)N=Nc1c(O)[nH]c2ccccc12. The summed E-state index contributed by atoms with van der Waals surface area (Å²) >= 11 is 0. The van der Waals surface area contributed by atoms with Crippen molar-refractivity contribution in [3.8, 4) is 11.8 Å². The molecule has 2 heterocycles. The van der Waals surface area contributed by atoms with Crippen LogP contribution >= 0.6 is 0 Å². The average Bonchev–Trinajstić information content (AvgIpc) is 3.24. The van der Waals surface area contributed by atoms with Crippen molar-refractivity contribution in [2.24, 2.45) is 20.5 Å². The second-order valence-electron chi connectivity index (χ2n) is 6.42. The van der Waals surface area contributed by atoms with Crippen molar-refractivity contribution in [3.05, 3.63) is 48.5 Å². The van der Waals surface area contributed by atoms with E-state index in [4.69, 9.17) is 0 Å². The van der Waals surface area contributed by atoms with Crippen molar-refractivity contribution in [3.63, 3.8) is 0 Å². The van der Waals surface area contributed by atoms with Crippen LogP contribution in [-0.4, -0.2) is 32.0 Å². The van der Waals surface area contributed by atoms with E-state index in [0.29, 0.717) is 21.8 Å². The summed E-state index contributed by atoms with van der Waals surface area (Å²) in [6.45, 7) is 0. The maximum atomic E-state index is 11.9. The number of rotatable bonds is 5. The van der Waals surface area contributed by atoms with Crippen LogP contribution in [0.5, 0.6) is 11.8 Å². The van der Waals surface area contributed by atoms with Crippen molar-refractivity contribution in [1.29, 1.82) is 0 Å². The van der Waals surface area contributed by atoms with Crippen LogP contribution in [0.25, 0.3) is 21.8 Å². The van der Waals surface area contributed by atoms with E-state index in [-0.39, 0.29) is 36.0 Å². The number of nitrogens with zero attached hydrogens (tertiary/aromatic N) is 4.